The van der Waals surface area contributed by atoms with Crippen LogP contribution in [0.25, 0.3) is 0 Å². The zero-order valence-electron chi connectivity index (χ0n) is 11.2. The fourth-order valence-corrected chi connectivity index (χ4v) is 2.52. The highest BCUT2D eigenvalue weighted by Gasteiger charge is 2.11. The quantitative estimate of drug-likeness (QED) is 0.759. The molecule has 0 aliphatic heterocycles. The van der Waals surface area contributed by atoms with Gasteiger partial charge in [-0.1, -0.05) is 25.3 Å². The molecule has 2 rings (SSSR count). The third-order valence-corrected chi connectivity index (χ3v) is 3.56. The van der Waals surface area contributed by atoms with E-state index in [-0.39, 0.29) is 0 Å². The molecule has 0 heterocycles. The van der Waals surface area contributed by atoms with Gasteiger partial charge in [-0.3, -0.25) is 0 Å². The lowest BCUT2D eigenvalue weighted by atomic mass is 9.95. The summed E-state index contributed by atoms with van der Waals surface area (Å²) in [5.74, 6) is 0.903. The lowest BCUT2D eigenvalue weighted by Crippen LogP contribution is -2.34. The van der Waals surface area contributed by atoms with Crippen molar-refractivity contribution in [2.75, 3.05) is 25.5 Å². The summed E-state index contributed by atoms with van der Waals surface area (Å²) in [6.07, 6.45) is 6.89. The van der Waals surface area contributed by atoms with E-state index >= 15 is 0 Å². The number of benzene rings is 1. The van der Waals surface area contributed by atoms with Gasteiger partial charge < -0.3 is 15.4 Å². The molecule has 0 aromatic heterocycles. The summed E-state index contributed by atoms with van der Waals surface area (Å²) < 4.78 is 5.20. The number of ether oxygens (including phenoxy) is 1. The van der Waals surface area contributed by atoms with Gasteiger partial charge in [-0.25, -0.2) is 0 Å². The van der Waals surface area contributed by atoms with Gasteiger partial charge in [0.15, 0.2) is 0 Å². The molecule has 1 aromatic carbocycles. The zero-order chi connectivity index (χ0) is 12.6. The predicted octanol–water partition coefficient (Wildman–Crippen LogP) is 3.03. The van der Waals surface area contributed by atoms with Crippen LogP contribution in [0.2, 0.25) is 0 Å². The van der Waals surface area contributed by atoms with Gasteiger partial charge in [-0.15, -0.1) is 0 Å². The second kappa shape index (κ2) is 7.27. The van der Waals surface area contributed by atoms with Crippen molar-refractivity contribution in [1.82, 2.24) is 5.32 Å². The van der Waals surface area contributed by atoms with Crippen molar-refractivity contribution in [2.24, 2.45) is 0 Å². The summed E-state index contributed by atoms with van der Waals surface area (Å²) in [7, 11) is 1.70. The van der Waals surface area contributed by atoms with Gasteiger partial charge in [0.25, 0.3) is 0 Å². The first kappa shape index (κ1) is 13.2. The molecule has 1 aliphatic carbocycles. The van der Waals surface area contributed by atoms with Crippen LogP contribution in [0.5, 0.6) is 5.75 Å². The molecule has 0 unspecified atom stereocenters. The summed E-state index contributed by atoms with van der Waals surface area (Å²) >= 11 is 0. The molecule has 3 heteroatoms. The van der Waals surface area contributed by atoms with Crippen LogP contribution in [-0.4, -0.2) is 26.2 Å². The molecule has 3 nitrogen and oxygen atoms in total. The van der Waals surface area contributed by atoms with Crippen LogP contribution in [0, 0.1) is 0 Å². The van der Waals surface area contributed by atoms with Crippen LogP contribution in [0.15, 0.2) is 24.3 Å². The minimum Gasteiger partial charge on any atom is -0.497 e. The standard InChI is InChI=1S/C15H24N2O/c1-18-15-9-5-8-14(12-15)17-11-10-16-13-6-3-2-4-7-13/h5,8-9,12-13,16-17H,2-4,6-7,10-11H2,1H3. The first-order chi connectivity index (χ1) is 8.88. The maximum absolute atomic E-state index is 5.20. The van der Waals surface area contributed by atoms with Gasteiger partial charge in [0.1, 0.15) is 5.75 Å². The Bertz CT molecular complexity index is 348. The fourth-order valence-electron chi connectivity index (χ4n) is 2.52. The number of hydrogen-bond acceptors (Lipinski definition) is 3. The Kier molecular flexibility index (Phi) is 5.34. The molecule has 0 amide bonds. The van der Waals surface area contributed by atoms with Crippen LogP contribution in [0.3, 0.4) is 0 Å². The molecule has 0 bridgehead atoms. The lowest BCUT2D eigenvalue weighted by molar-refractivity contribution is 0.378. The van der Waals surface area contributed by atoms with Crippen molar-refractivity contribution < 1.29 is 4.74 Å². The summed E-state index contributed by atoms with van der Waals surface area (Å²) in [6.45, 7) is 1.99. The van der Waals surface area contributed by atoms with E-state index in [2.05, 4.69) is 16.7 Å². The second-order valence-corrected chi connectivity index (χ2v) is 4.95. The second-order valence-electron chi connectivity index (χ2n) is 4.95. The van der Waals surface area contributed by atoms with E-state index in [0.29, 0.717) is 0 Å². The third kappa shape index (κ3) is 4.22. The molecule has 18 heavy (non-hydrogen) atoms. The van der Waals surface area contributed by atoms with Gasteiger partial charge in [0, 0.05) is 30.9 Å². The molecule has 0 radical (unpaired) electrons. The smallest absolute Gasteiger partial charge is 0.120 e. The zero-order valence-corrected chi connectivity index (χ0v) is 11.2. The van der Waals surface area contributed by atoms with Crippen LogP contribution in [0.4, 0.5) is 5.69 Å². The summed E-state index contributed by atoms with van der Waals surface area (Å²) in [5, 5.41) is 7.04. The van der Waals surface area contributed by atoms with E-state index in [0.717, 1.165) is 30.6 Å². The average Bonchev–Trinajstić information content (AvgIpc) is 2.45. The van der Waals surface area contributed by atoms with Gasteiger partial charge >= 0.3 is 0 Å². The number of anilines is 1. The molecule has 0 atom stereocenters. The van der Waals surface area contributed by atoms with Gasteiger partial charge in [0.05, 0.1) is 7.11 Å². The van der Waals surface area contributed by atoms with Gasteiger partial charge in [-0.2, -0.15) is 0 Å². The van der Waals surface area contributed by atoms with Crippen molar-refractivity contribution in [3.63, 3.8) is 0 Å². The van der Waals surface area contributed by atoms with Crippen LogP contribution >= 0.6 is 0 Å². The maximum atomic E-state index is 5.20. The van der Waals surface area contributed by atoms with Crippen molar-refractivity contribution in [1.29, 1.82) is 0 Å². The fraction of sp³-hybridized carbons (Fsp3) is 0.600. The van der Waals surface area contributed by atoms with E-state index in [1.54, 1.807) is 7.11 Å². The SMILES string of the molecule is COc1cccc(NCCNC2CCCCC2)c1. The molecule has 2 N–H and O–H groups in total. The summed E-state index contributed by atoms with van der Waals surface area (Å²) in [6, 6.07) is 8.82. The van der Waals surface area contributed by atoms with Crippen LogP contribution < -0.4 is 15.4 Å². The summed E-state index contributed by atoms with van der Waals surface area (Å²) in [4.78, 5) is 0. The highest BCUT2D eigenvalue weighted by Crippen LogP contribution is 2.17. The maximum Gasteiger partial charge on any atom is 0.120 e. The Hall–Kier alpha value is -1.22. The monoisotopic (exact) mass is 248 g/mol. The number of nitrogens with one attached hydrogen (secondary N) is 2. The molecule has 0 saturated heterocycles. The summed E-state index contributed by atoms with van der Waals surface area (Å²) in [5.41, 5.74) is 1.12. The molecular formula is C15H24N2O. The third-order valence-electron chi connectivity index (χ3n) is 3.56. The molecule has 100 valence electrons. The van der Waals surface area contributed by atoms with Crippen molar-refractivity contribution >= 4 is 5.69 Å². The molecule has 1 aromatic rings. The van der Waals surface area contributed by atoms with Gasteiger partial charge in [0.2, 0.25) is 0 Å². The predicted molar refractivity (Wildman–Crippen MR) is 76.4 cm³/mol. The largest absolute Gasteiger partial charge is 0.497 e. The number of hydrogen-bond donors (Lipinski definition) is 2. The van der Waals surface area contributed by atoms with E-state index < -0.39 is 0 Å². The highest BCUT2D eigenvalue weighted by molar-refractivity contribution is 5.48. The van der Waals surface area contributed by atoms with E-state index in [4.69, 9.17) is 4.74 Å². The molecule has 1 saturated carbocycles. The average molecular weight is 248 g/mol. The Balaban J connectivity index is 1.65. The first-order valence-electron chi connectivity index (χ1n) is 7.00. The van der Waals surface area contributed by atoms with E-state index in [9.17, 15) is 0 Å². The topological polar surface area (TPSA) is 33.3 Å². The van der Waals surface area contributed by atoms with Crippen LogP contribution in [-0.2, 0) is 0 Å². The highest BCUT2D eigenvalue weighted by atomic mass is 16.5. The molecule has 1 fully saturated rings. The Labute approximate surface area is 110 Å². The van der Waals surface area contributed by atoms with Crippen LogP contribution in [0.1, 0.15) is 32.1 Å². The molecular weight excluding hydrogens is 224 g/mol. The molecule has 1 aliphatic rings. The van der Waals surface area contributed by atoms with Crippen molar-refractivity contribution in [3.8, 4) is 5.75 Å². The Morgan fingerprint density at radius 1 is 1.17 bits per heavy atom. The number of rotatable bonds is 6. The van der Waals surface area contributed by atoms with Gasteiger partial charge in [-0.05, 0) is 25.0 Å². The minimum absolute atomic E-state index is 0.742. The Morgan fingerprint density at radius 3 is 2.78 bits per heavy atom. The lowest BCUT2D eigenvalue weighted by Gasteiger charge is -2.23. The normalized spacial score (nSPS) is 16.5. The van der Waals surface area contributed by atoms with Crippen molar-refractivity contribution in [3.05, 3.63) is 24.3 Å². The first-order valence-corrected chi connectivity index (χ1v) is 7.00. The molecule has 0 spiro atoms. The Morgan fingerprint density at radius 2 is 2.00 bits per heavy atom. The van der Waals surface area contributed by atoms with Crippen molar-refractivity contribution in [2.45, 2.75) is 38.1 Å². The number of methoxy groups -OCH3 is 1. The minimum atomic E-state index is 0.742. The van der Waals surface area contributed by atoms with E-state index in [1.165, 1.54) is 32.1 Å². The van der Waals surface area contributed by atoms with E-state index in [1.807, 2.05) is 18.2 Å².